The third-order valence-electron chi connectivity index (χ3n) is 4.64. The third kappa shape index (κ3) is 2.46. The zero-order chi connectivity index (χ0) is 16.7. The first-order valence-corrected chi connectivity index (χ1v) is 9.42. The first kappa shape index (κ1) is 15.2. The van der Waals surface area contributed by atoms with Crippen LogP contribution in [0.4, 0.5) is 5.69 Å². The van der Waals surface area contributed by atoms with E-state index in [4.69, 9.17) is 5.73 Å². The van der Waals surface area contributed by atoms with E-state index in [1.54, 1.807) is 30.3 Å². The fraction of sp³-hybridized carbons (Fsp3) is 0.158. The van der Waals surface area contributed by atoms with E-state index >= 15 is 0 Å². The number of fused-ring (bicyclic) bond motifs is 2. The molecule has 0 amide bonds. The monoisotopic (exact) mass is 338 g/mol. The lowest BCUT2D eigenvalue weighted by atomic mass is 10.1. The van der Waals surface area contributed by atoms with Crippen LogP contribution >= 0.6 is 0 Å². The van der Waals surface area contributed by atoms with Gasteiger partial charge in [-0.3, -0.25) is 0 Å². The summed E-state index contributed by atoms with van der Waals surface area (Å²) in [6, 6.07) is 18.4. The van der Waals surface area contributed by atoms with Crippen LogP contribution in [0.3, 0.4) is 0 Å². The van der Waals surface area contributed by atoms with Crippen molar-refractivity contribution in [2.24, 2.45) is 0 Å². The maximum atomic E-state index is 13.0. The summed E-state index contributed by atoms with van der Waals surface area (Å²) in [5, 5.41) is 1.41. The number of nitrogen functional groups attached to an aromatic ring is 1. The van der Waals surface area contributed by atoms with E-state index in [1.165, 1.54) is 5.56 Å². The summed E-state index contributed by atoms with van der Waals surface area (Å²) in [5.74, 6) is 0. The molecule has 0 heterocycles. The summed E-state index contributed by atoms with van der Waals surface area (Å²) >= 11 is 0. The van der Waals surface area contributed by atoms with E-state index in [9.17, 15) is 8.42 Å². The lowest BCUT2D eigenvalue weighted by Crippen LogP contribution is -2.27. The van der Waals surface area contributed by atoms with Gasteiger partial charge in [0.05, 0.1) is 4.90 Å². The predicted octanol–water partition coefficient (Wildman–Crippen LogP) is 3.39. The molecular formula is C19H18N2O2S. The van der Waals surface area contributed by atoms with Crippen LogP contribution in [0.5, 0.6) is 0 Å². The molecule has 4 rings (SSSR count). The number of rotatable bonds is 3. The molecule has 0 saturated carbocycles. The van der Waals surface area contributed by atoms with Gasteiger partial charge in [0.2, 0.25) is 10.0 Å². The number of sulfonamides is 1. The minimum Gasteiger partial charge on any atom is -0.398 e. The van der Waals surface area contributed by atoms with Gasteiger partial charge in [-0.15, -0.1) is 0 Å². The Hall–Kier alpha value is -2.37. The van der Waals surface area contributed by atoms with Gasteiger partial charge in [-0.05, 0) is 36.1 Å². The first-order chi connectivity index (χ1) is 11.6. The van der Waals surface area contributed by atoms with Crippen molar-refractivity contribution < 1.29 is 8.42 Å². The maximum absolute atomic E-state index is 13.0. The Labute approximate surface area is 141 Å². The van der Waals surface area contributed by atoms with Crippen molar-refractivity contribution in [2.45, 2.75) is 23.8 Å². The Morgan fingerprint density at radius 1 is 0.917 bits per heavy atom. The topological polar surface area (TPSA) is 72.2 Å². The van der Waals surface area contributed by atoms with Crippen LogP contribution in [0, 0.1) is 0 Å². The maximum Gasteiger partial charge on any atom is 0.241 e. The van der Waals surface area contributed by atoms with Gasteiger partial charge >= 0.3 is 0 Å². The van der Waals surface area contributed by atoms with Crippen LogP contribution in [-0.2, 0) is 16.4 Å². The summed E-state index contributed by atoms with van der Waals surface area (Å²) in [6.07, 6.45) is 1.68. The Kier molecular flexibility index (Phi) is 3.55. The summed E-state index contributed by atoms with van der Waals surface area (Å²) in [4.78, 5) is 0.275. The molecule has 0 aliphatic heterocycles. The minimum atomic E-state index is -3.64. The van der Waals surface area contributed by atoms with Crippen LogP contribution in [0.2, 0.25) is 0 Å². The fourth-order valence-electron chi connectivity index (χ4n) is 3.47. The summed E-state index contributed by atoms with van der Waals surface area (Å²) < 4.78 is 28.8. The van der Waals surface area contributed by atoms with Crippen LogP contribution < -0.4 is 10.5 Å². The van der Waals surface area contributed by atoms with Gasteiger partial charge in [-0.2, -0.15) is 0 Å². The number of hydrogen-bond donors (Lipinski definition) is 2. The average molecular weight is 338 g/mol. The smallest absolute Gasteiger partial charge is 0.241 e. The van der Waals surface area contributed by atoms with Gasteiger partial charge in [-0.25, -0.2) is 13.1 Å². The van der Waals surface area contributed by atoms with E-state index in [1.807, 2.05) is 24.3 Å². The summed E-state index contributed by atoms with van der Waals surface area (Å²) in [7, 11) is -3.64. The van der Waals surface area contributed by atoms with E-state index < -0.39 is 10.0 Å². The van der Waals surface area contributed by atoms with E-state index in [2.05, 4.69) is 10.8 Å². The quantitative estimate of drug-likeness (QED) is 0.719. The largest absolute Gasteiger partial charge is 0.398 e. The molecule has 122 valence electrons. The van der Waals surface area contributed by atoms with Crippen molar-refractivity contribution in [3.8, 4) is 0 Å². The Balaban J connectivity index is 1.76. The number of benzene rings is 3. The van der Waals surface area contributed by atoms with Crippen molar-refractivity contribution >= 4 is 26.5 Å². The Morgan fingerprint density at radius 2 is 1.67 bits per heavy atom. The average Bonchev–Trinajstić information content (AvgIpc) is 2.97. The molecule has 0 aromatic heterocycles. The molecule has 3 aromatic carbocycles. The van der Waals surface area contributed by atoms with Crippen molar-refractivity contribution in [1.82, 2.24) is 4.72 Å². The molecular weight excluding hydrogens is 320 g/mol. The SMILES string of the molecule is Nc1cccc2c(S(=O)(=O)NC3CCc4ccccc43)cccc12. The van der Waals surface area contributed by atoms with Crippen molar-refractivity contribution in [1.29, 1.82) is 0 Å². The van der Waals surface area contributed by atoms with Crippen molar-refractivity contribution in [2.75, 3.05) is 5.73 Å². The van der Waals surface area contributed by atoms with Gasteiger partial charge in [0, 0.05) is 22.5 Å². The molecule has 1 atom stereocenters. The molecule has 0 fully saturated rings. The standard InChI is InChI=1S/C19H18N2O2S/c20-17-9-3-8-16-15(17)7-4-10-19(16)24(22,23)21-18-12-11-13-5-1-2-6-14(13)18/h1-10,18,21H,11-12,20H2. The number of hydrogen-bond acceptors (Lipinski definition) is 3. The predicted molar refractivity (Wildman–Crippen MR) is 96.2 cm³/mol. The second-order valence-corrected chi connectivity index (χ2v) is 7.79. The molecule has 0 spiro atoms. The highest BCUT2D eigenvalue weighted by Gasteiger charge is 2.28. The highest BCUT2D eigenvalue weighted by Crippen LogP contribution is 2.33. The van der Waals surface area contributed by atoms with E-state index in [0.29, 0.717) is 11.1 Å². The fourth-order valence-corrected chi connectivity index (χ4v) is 4.94. The van der Waals surface area contributed by atoms with E-state index in [-0.39, 0.29) is 10.9 Å². The highest BCUT2D eigenvalue weighted by atomic mass is 32.2. The molecule has 0 radical (unpaired) electrons. The zero-order valence-corrected chi connectivity index (χ0v) is 13.9. The summed E-state index contributed by atoms with van der Waals surface area (Å²) in [5.41, 5.74) is 8.84. The number of aryl methyl sites for hydroxylation is 1. The lowest BCUT2D eigenvalue weighted by molar-refractivity contribution is 0.555. The molecule has 0 bridgehead atoms. The van der Waals surface area contributed by atoms with Crippen LogP contribution in [-0.4, -0.2) is 8.42 Å². The Bertz CT molecular complexity index is 1030. The molecule has 3 N–H and O–H groups in total. The van der Waals surface area contributed by atoms with Gasteiger partial charge in [0.1, 0.15) is 0 Å². The molecule has 24 heavy (non-hydrogen) atoms. The molecule has 1 aliphatic carbocycles. The van der Waals surface area contributed by atoms with Crippen molar-refractivity contribution in [3.63, 3.8) is 0 Å². The van der Waals surface area contributed by atoms with Gasteiger partial charge in [0.15, 0.2) is 0 Å². The zero-order valence-electron chi connectivity index (χ0n) is 13.1. The van der Waals surface area contributed by atoms with Crippen LogP contribution in [0.1, 0.15) is 23.6 Å². The third-order valence-corrected chi connectivity index (χ3v) is 6.17. The van der Waals surface area contributed by atoms with Gasteiger partial charge < -0.3 is 5.73 Å². The first-order valence-electron chi connectivity index (χ1n) is 7.93. The highest BCUT2D eigenvalue weighted by molar-refractivity contribution is 7.89. The van der Waals surface area contributed by atoms with Crippen LogP contribution in [0.15, 0.2) is 65.6 Å². The number of anilines is 1. The molecule has 3 aromatic rings. The minimum absolute atomic E-state index is 0.178. The number of nitrogens with two attached hydrogens (primary N) is 1. The lowest BCUT2D eigenvalue weighted by Gasteiger charge is -2.16. The molecule has 4 nitrogen and oxygen atoms in total. The summed E-state index contributed by atoms with van der Waals surface area (Å²) in [6.45, 7) is 0. The molecule has 1 aliphatic rings. The van der Waals surface area contributed by atoms with Crippen LogP contribution in [0.25, 0.3) is 10.8 Å². The van der Waals surface area contributed by atoms with Gasteiger partial charge in [0.25, 0.3) is 0 Å². The van der Waals surface area contributed by atoms with Gasteiger partial charge in [-0.1, -0.05) is 48.5 Å². The Morgan fingerprint density at radius 3 is 2.54 bits per heavy atom. The number of nitrogens with one attached hydrogen (secondary N) is 1. The second-order valence-electron chi connectivity index (χ2n) is 6.11. The second kappa shape index (κ2) is 5.61. The molecule has 1 unspecified atom stereocenters. The molecule has 0 saturated heterocycles. The molecule has 5 heteroatoms. The normalized spacial score (nSPS) is 17.1. The van der Waals surface area contributed by atoms with E-state index in [0.717, 1.165) is 23.8 Å². The van der Waals surface area contributed by atoms with Crippen molar-refractivity contribution in [3.05, 3.63) is 71.8 Å².